The maximum absolute atomic E-state index is 13.0. The van der Waals surface area contributed by atoms with Crippen molar-refractivity contribution in [3.05, 3.63) is 36.3 Å². The molecule has 1 fully saturated rings. The van der Waals surface area contributed by atoms with E-state index in [4.69, 9.17) is 5.73 Å². The Morgan fingerprint density at radius 3 is 2.81 bits per heavy atom. The molecular formula is C19H20FN5O. The van der Waals surface area contributed by atoms with Crippen LogP contribution in [0.5, 0.6) is 0 Å². The Labute approximate surface area is 150 Å². The van der Waals surface area contributed by atoms with E-state index in [2.05, 4.69) is 34.3 Å². The van der Waals surface area contributed by atoms with Crippen LogP contribution in [0.25, 0.3) is 21.9 Å². The maximum atomic E-state index is 13.0. The first-order chi connectivity index (χ1) is 12.4. The third kappa shape index (κ3) is 2.89. The summed E-state index contributed by atoms with van der Waals surface area (Å²) in [4.78, 5) is 16.2. The fraction of sp³-hybridized carbons (Fsp3) is 0.316. The number of carbonyl (C=O) groups is 1. The third-order valence-electron chi connectivity index (χ3n) is 4.73. The lowest BCUT2D eigenvalue weighted by molar-refractivity contribution is -0.117. The molecule has 1 aliphatic carbocycles. The molecule has 2 heterocycles. The summed E-state index contributed by atoms with van der Waals surface area (Å²) in [7, 11) is 0. The van der Waals surface area contributed by atoms with Gasteiger partial charge >= 0.3 is 0 Å². The number of hydrogen-bond donors (Lipinski definition) is 3. The molecule has 1 aromatic carbocycles. The number of nitrogens with two attached hydrogens (primary N) is 1. The number of rotatable bonds is 4. The van der Waals surface area contributed by atoms with E-state index in [0.717, 1.165) is 27.6 Å². The van der Waals surface area contributed by atoms with E-state index < -0.39 is 12.1 Å². The summed E-state index contributed by atoms with van der Waals surface area (Å²) in [6.45, 7) is 4.18. The number of carbonyl (C=O) groups excluding carboxylic acids is 1. The summed E-state index contributed by atoms with van der Waals surface area (Å²) in [5, 5.41) is 11.5. The molecule has 7 heteroatoms. The molecule has 1 aliphatic rings. The van der Waals surface area contributed by atoms with Gasteiger partial charge in [0.15, 0.2) is 0 Å². The highest BCUT2D eigenvalue weighted by atomic mass is 19.1. The molecule has 2 atom stereocenters. The van der Waals surface area contributed by atoms with Crippen molar-refractivity contribution in [1.29, 1.82) is 0 Å². The number of amides is 1. The smallest absolute Gasteiger partial charge is 0.231 e. The second-order valence-electron chi connectivity index (χ2n) is 7.06. The first-order valence-corrected chi connectivity index (χ1v) is 8.62. The fourth-order valence-corrected chi connectivity index (χ4v) is 3.13. The van der Waals surface area contributed by atoms with E-state index in [-0.39, 0.29) is 12.3 Å². The number of benzene rings is 1. The van der Waals surface area contributed by atoms with Gasteiger partial charge in [-0.05, 0) is 41.5 Å². The van der Waals surface area contributed by atoms with E-state index in [1.165, 1.54) is 0 Å². The van der Waals surface area contributed by atoms with Crippen molar-refractivity contribution in [2.75, 3.05) is 11.1 Å². The van der Waals surface area contributed by atoms with Crippen LogP contribution in [0.1, 0.15) is 31.9 Å². The summed E-state index contributed by atoms with van der Waals surface area (Å²) in [5.74, 6) is -0.188. The van der Waals surface area contributed by atoms with Crippen LogP contribution < -0.4 is 11.1 Å². The van der Waals surface area contributed by atoms with Crippen molar-refractivity contribution in [2.24, 2.45) is 5.92 Å². The minimum Gasteiger partial charge on any atom is -0.398 e. The normalized spacial score (nSPS) is 19.1. The fourth-order valence-electron chi connectivity index (χ4n) is 3.13. The molecular weight excluding hydrogens is 333 g/mol. The van der Waals surface area contributed by atoms with Crippen molar-refractivity contribution in [3.63, 3.8) is 0 Å². The number of anilines is 2. The van der Waals surface area contributed by atoms with Gasteiger partial charge < -0.3 is 11.1 Å². The number of pyridine rings is 1. The van der Waals surface area contributed by atoms with Crippen LogP contribution in [0.4, 0.5) is 15.9 Å². The first kappa shape index (κ1) is 16.5. The van der Waals surface area contributed by atoms with Crippen molar-refractivity contribution in [1.82, 2.24) is 15.2 Å². The molecule has 1 saturated carbocycles. The van der Waals surface area contributed by atoms with Gasteiger partial charge in [0.1, 0.15) is 12.0 Å². The highest BCUT2D eigenvalue weighted by molar-refractivity contribution is 6.00. The van der Waals surface area contributed by atoms with E-state index in [1.807, 2.05) is 12.1 Å². The van der Waals surface area contributed by atoms with Gasteiger partial charge in [-0.3, -0.25) is 9.89 Å². The first-order valence-electron chi connectivity index (χ1n) is 8.62. The van der Waals surface area contributed by atoms with Gasteiger partial charge in [-0.2, -0.15) is 5.10 Å². The summed E-state index contributed by atoms with van der Waals surface area (Å²) >= 11 is 0. The Balaban J connectivity index is 1.72. The standard InChI is InChI=1S/C19H20FN5O/c1-9(2)18-14(8-23-25-18)10-3-11-5-17(22-7-13(11)16(21)4-10)24-19(26)12-6-15(12)20/h3-5,7-9,12,15H,6,21H2,1-2H3,(H,23,25)(H,22,24,26)/t12-,15+/m1/s1. The van der Waals surface area contributed by atoms with Crippen molar-refractivity contribution < 1.29 is 9.18 Å². The molecule has 1 amide bonds. The second-order valence-corrected chi connectivity index (χ2v) is 7.06. The van der Waals surface area contributed by atoms with E-state index in [1.54, 1.807) is 18.5 Å². The second kappa shape index (κ2) is 6.09. The predicted octanol–water partition coefficient (Wildman–Crippen LogP) is 3.63. The number of aromatic amines is 1. The molecule has 0 radical (unpaired) electrons. The van der Waals surface area contributed by atoms with Gasteiger partial charge in [0.2, 0.25) is 5.91 Å². The Kier molecular flexibility index (Phi) is 3.86. The Hall–Kier alpha value is -2.96. The van der Waals surface area contributed by atoms with E-state index in [0.29, 0.717) is 17.4 Å². The topological polar surface area (TPSA) is 96.7 Å². The van der Waals surface area contributed by atoms with E-state index in [9.17, 15) is 9.18 Å². The average molecular weight is 353 g/mol. The molecule has 134 valence electrons. The molecule has 4 N–H and O–H groups in total. The Morgan fingerprint density at radius 1 is 1.35 bits per heavy atom. The van der Waals surface area contributed by atoms with Crippen LogP contribution >= 0.6 is 0 Å². The number of aromatic nitrogens is 3. The number of hydrogen-bond acceptors (Lipinski definition) is 4. The van der Waals surface area contributed by atoms with Crippen molar-refractivity contribution in [3.8, 4) is 11.1 Å². The molecule has 0 spiro atoms. The SMILES string of the molecule is CC(C)c1[nH]ncc1-c1cc(N)c2cnc(NC(=O)[C@@H]3C[C@@H]3F)cc2c1. The molecule has 4 rings (SSSR count). The van der Waals surface area contributed by atoms with Gasteiger partial charge in [-0.15, -0.1) is 0 Å². The van der Waals surface area contributed by atoms with Crippen LogP contribution in [0.3, 0.4) is 0 Å². The van der Waals surface area contributed by atoms with Crippen LogP contribution in [0.2, 0.25) is 0 Å². The van der Waals surface area contributed by atoms with Crippen LogP contribution in [-0.4, -0.2) is 27.3 Å². The van der Waals surface area contributed by atoms with Gasteiger partial charge in [-0.25, -0.2) is 9.37 Å². The van der Waals surface area contributed by atoms with Crippen molar-refractivity contribution in [2.45, 2.75) is 32.4 Å². The maximum Gasteiger partial charge on any atom is 0.231 e. The number of fused-ring (bicyclic) bond motifs is 1. The molecule has 2 aromatic heterocycles. The molecule has 3 aromatic rings. The van der Waals surface area contributed by atoms with Gasteiger partial charge in [-0.1, -0.05) is 13.8 Å². The molecule has 0 bridgehead atoms. The zero-order valence-electron chi connectivity index (χ0n) is 14.6. The number of alkyl halides is 1. The van der Waals surface area contributed by atoms with Gasteiger partial charge in [0.25, 0.3) is 0 Å². The average Bonchev–Trinajstić information content (AvgIpc) is 3.13. The van der Waals surface area contributed by atoms with Crippen LogP contribution in [0, 0.1) is 5.92 Å². The summed E-state index contributed by atoms with van der Waals surface area (Å²) in [6, 6.07) is 5.66. The summed E-state index contributed by atoms with van der Waals surface area (Å²) < 4.78 is 13.0. The van der Waals surface area contributed by atoms with Crippen molar-refractivity contribution >= 4 is 28.2 Å². The Morgan fingerprint density at radius 2 is 2.12 bits per heavy atom. The molecule has 0 saturated heterocycles. The lowest BCUT2D eigenvalue weighted by atomic mass is 9.97. The van der Waals surface area contributed by atoms with Crippen LogP contribution in [0.15, 0.2) is 30.6 Å². The highest BCUT2D eigenvalue weighted by Crippen LogP contribution is 2.36. The largest absolute Gasteiger partial charge is 0.398 e. The predicted molar refractivity (Wildman–Crippen MR) is 99.5 cm³/mol. The third-order valence-corrected chi connectivity index (χ3v) is 4.73. The molecule has 26 heavy (non-hydrogen) atoms. The number of nitrogen functional groups attached to an aromatic ring is 1. The lowest BCUT2D eigenvalue weighted by Crippen LogP contribution is -2.15. The molecule has 0 aliphatic heterocycles. The minimum atomic E-state index is -1.03. The van der Waals surface area contributed by atoms with Gasteiger partial charge in [0, 0.05) is 28.5 Å². The lowest BCUT2D eigenvalue weighted by Gasteiger charge is -2.11. The van der Waals surface area contributed by atoms with Gasteiger partial charge in [0.05, 0.1) is 12.1 Å². The summed E-state index contributed by atoms with van der Waals surface area (Å²) in [5.41, 5.74) is 9.79. The highest BCUT2D eigenvalue weighted by Gasteiger charge is 2.43. The van der Waals surface area contributed by atoms with Crippen LogP contribution in [-0.2, 0) is 4.79 Å². The quantitative estimate of drug-likeness (QED) is 0.624. The molecule has 0 unspecified atom stereocenters. The minimum absolute atomic E-state index is 0.287. The Bertz CT molecular complexity index is 997. The number of H-pyrrole nitrogens is 1. The zero-order valence-corrected chi connectivity index (χ0v) is 14.6. The summed E-state index contributed by atoms with van der Waals surface area (Å²) in [6.07, 6.45) is 2.67. The molecule has 6 nitrogen and oxygen atoms in total. The zero-order chi connectivity index (χ0) is 18.4. The number of halogens is 1. The number of nitrogens with zero attached hydrogens (tertiary/aromatic N) is 2. The monoisotopic (exact) mass is 353 g/mol. The number of nitrogens with one attached hydrogen (secondary N) is 2. The van der Waals surface area contributed by atoms with E-state index >= 15 is 0 Å².